The minimum atomic E-state index is 0. The summed E-state index contributed by atoms with van der Waals surface area (Å²) in [6, 6.07) is 5.73. The summed E-state index contributed by atoms with van der Waals surface area (Å²) in [4.78, 5) is 3.98. The van der Waals surface area contributed by atoms with Crippen molar-refractivity contribution in [1.29, 1.82) is 0 Å². The summed E-state index contributed by atoms with van der Waals surface area (Å²) < 4.78 is 0.951. The maximum Gasteiger partial charge on any atom is 0.0969 e. The number of nitrogens with zero attached hydrogens (tertiary/aromatic N) is 2. The van der Waals surface area contributed by atoms with Gasteiger partial charge < -0.3 is 16.9 Å². The third-order valence-electron chi connectivity index (χ3n) is 2.14. The van der Waals surface area contributed by atoms with Crippen molar-refractivity contribution in [3.63, 3.8) is 0 Å². The molecule has 18 heavy (non-hydrogen) atoms. The zero-order valence-electron chi connectivity index (χ0n) is 11.3. The molecule has 0 saturated heterocycles. The van der Waals surface area contributed by atoms with E-state index in [-0.39, 0.29) is 12.4 Å². The lowest BCUT2D eigenvalue weighted by atomic mass is 10.4. The highest BCUT2D eigenvalue weighted by molar-refractivity contribution is 5.40. The zero-order chi connectivity index (χ0) is 13.1. The van der Waals surface area contributed by atoms with Crippen LogP contribution in [0.2, 0.25) is 0 Å². The molecule has 0 saturated carbocycles. The van der Waals surface area contributed by atoms with Crippen LogP contribution < -0.4 is 12.4 Å². The molecule has 100 valence electrons. The normalized spacial score (nSPS) is 9.22. The molecule has 0 fully saturated rings. The van der Waals surface area contributed by atoms with Crippen LogP contribution in [0, 0.1) is 0 Å². The van der Waals surface area contributed by atoms with E-state index in [1.807, 2.05) is 30.4 Å². The monoisotopic (exact) mass is 266 g/mol. The first kappa shape index (κ1) is 19.0. The molecular formula is C15H23ClN2. The Hall–Kier alpha value is -1.38. The average molecular weight is 267 g/mol. The Labute approximate surface area is 117 Å². The minimum absolute atomic E-state index is 0. The van der Waals surface area contributed by atoms with Gasteiger partial charge in [-0.3, -0.25) is 4.98 Å². The van der Waals surface area contributed by atoms with Crippen LogP contribution >= 0.6 is 0 Å². The third kappa shape index (κ3) is 9.82. The van der Waals surface area contributed by atoms with Crippen molar-refractivity contribution in [3.8, 4) is 0 Å². The molecule has 3 heteroatoms. The fraction of sp³-hybridized carbons (Fsp3) is 0.267. The predicted molar refractivity (Wildman–Crippen MR) is 76.6 cm³/mol. The first-order chi connectivity index (χ1) is 8.05. The molecule has 0 aliphatic rings. The van der Waals surface area contributed by atoms with E-state index in [0.717, 1.165) is 23.3 Å². The van der Waals surface area contributed by atoms with E-state index >= 15 is 0 Å². The van der Waals surface area contributed by atoms with Gasteiger partial charge in [-0.05, 0) is 30.4 Å². The van der Waals surface area contributed by atoms with Crippen molar-refractivity contribution >= 4 is 6.08 Å². The van der Waals surface area contributed by atoms with Crippen LogP contribution in [0.15, 0.2) is 56.3 Å². The fourth-order valence-electron chi connectivity index (χ4n) is 1.27. The van der Waals surface area contributed by atoms with E-state index in [4.69, 9.17) is 0 Å². The molecule has 0 aliphatic heterocycles. The van der Waals surface area contributed by atoms with Crippen LogP contribution in [-0.4, -0.2) is 36.7 Å². The van der Waals surface area contributed by atoms with Gasteiger partial charge in [0.1, 0.15) is 0 Å². The number of pyridine rings is 1. The topological polar surface area (TPSA) is 12.9 Å². The summed E-state index contributed by atoms with van der Waals surface area (Å²) in [5.41, 5.74) is 0.924. The number of hydrogen-bond acceptors (Lipinski definition) is 1. The van der Waals surface area contributed by atoms with E-state index in [0.29, 0.717) is 0 Å². The van der Waals surface area contributed by atoms with Crippen molar-refractivity contribution in [2.75, 3.05) is 27.2 Å². The van der Waals surface area contributed by atoms with Gasteiger partial charge in [0, 0.05) is 6.20 Å². The van der Waals surface area contributed by atoms with Gasteiger partial charge in [0.25, 0.3) is 0 Å². The Morgan fingerprint density at radius 2 is 1.67 bits per heavy atom. The summed E-state index contributed by atoms with van der Waals surface area (Å²) in [5, 5.41) is 0. The largest absolute Gasteiger partial charge is 1.00 e. The number of hydrogen-bond donors (Lipinski definition) is 0. The molecule has 0 spiro atoms. The van der Waals surface area contributed by atoms with Crippen LogP contribution in [0.1, 0.15) is 5.69 Å². The summed E-state index contributed by atoms with van der Waals surface area (Å²) in [7, 11) is 4.31. The van der Waals surface area contributed by atoms with E-state index in [2.05, 4.69) is 38.8 Å². The van der Waals surface area contributed by atoms with Crippen molar-refractivity contribution < 1.29 is 16.9 Å². The van der Waals surface area contributed by atoms with Gasteiger partial charge in [-0.1, -0.05) is 25.8 Å². The lowest BCUT2D eigenvalue weighted by Crippen LogP contribution is -3.00. The smallest absolute Gasteiger partial charge is 0.0969 e. The van der Waals surface area contributed by atoms with E-state index in [9.17, 15) is 0 Å². The number of halogens is 1. The van der Waals surface area contributed by atoms with E-state index in [1.54, 1.807) is 12.3 Å². The second kappa shape index (κ2) is 10.8. The average Bonchev–Trinajstić information content (AvgIpc) is 2.31. The standard InChI is InChI=1S/C8H16N.C7H7N.ClH/c1-5-7-9(3,4)8-6-2;1-2-7-5-3-4-6-8-7;/h5-6H,1-2,7-8H2,3-4H3;2-6H,1H2;1H/q+1;;/p-1. The number of rotatable bonds is 5. The third-order valence-corrected chi connectivity index (χ3v) is 2.14. The lowest BCUT2D eigenvalue weighted by Gasteiger charge is -2.26. The molecule has 0 radical (unpaired) electrons. The first-order valence-electron chi connectivity index (χ1n) is 5.63. The molecule has 0 atom stereocenters. The van der Waals surface area contributed by atoms with Crippen molar-refractivity contribution in [1.82, 2.24) is 4.98 Å². The highest BCUT2D eigenvalue weighted by Crippen LogP contribution is 1.95. The summed E-state index contributed by atoms with van der Waals surface area (Å²) in [5.74, 6) is 0. The molecule has 1 aromatic rings. The van der Waals surface area contributed by atoms with Gasteiger partial charge in [0.05, 0.1) is 32.9 Å². The Morgan fingerprint density at radius 1 is 1.11 bits per heavy atom. The lowest BCUT2D eigenvalue weighted by molar-refractivity contribution is -0.878. The molecule has 1 aromatic heterocycles. The molecule has 0 aliphatic carbocycles. The highest BCUT2D eigenvalue weighted by Gasteiger charge is 2.07. The summed E-state index contributed by atoms with van der Waals surface area (Å²) in [6.45, 7) is 12.9. The predicted octanol–water partition coefficient (Wildman–Crippen LogP) is 0.163. The molecule has 1 rings (SSSR count). The molecule has 0 N–H and O–H groups in total. The van der Waals surface area contributed by atoms with E-state index in [1.165, 1.54) is 0 Å². The Bertz CT molecular complexity index is 333. The van der Waals surface area contributed by atoms with Gasteiger partial charge in [0.2, 0.25) is 0 Å². The van der Waals surface area contributed by atoms with Crippen molar-refractivity contribution in [3.05, 3.63) is 62.0 Å². The molecule has 0 unspecified atom stereocenters. The molecule has 0 aromatic carbocycles. The quantitative estimate of drug-likeness (QED) is 0.547. The van der Waals surface area contributed by atoms with Crippen LogP contribution in [0.3, 0.4) is 0 Å². The minimum Gasteiger partial charge on any atom is -1.00 e. The van der Waals surface area contributed by atoms with Crippen LogP contribution in [-0.2, 0) is 0 Å². The van der Waals surface area contributed by atoms with Crippen LogP contribution in [0.4, 0.5) is 0 Å². The number of likely N-dealkylation sites (N-methyl/N-ethyl adjacent to an activating group) is 1. The maximum atomic E-state index is 3.98. The number of quaternary nitrogens is 1. The van der Waals surface area contributed by atoms with Gasteiger partial charge >= 0.3 is 0 Å². The van der Waals surface area contributed by atoms with Gasteiger partial charge in [0.15, 0.2) is 0 Å². The SMILES string of the molecule is C=CC[N+](C)(C)CC=C.C=Cc1ccccn1.[Cl-]. The van der Waals surface area contributed by atoms with Gasteiger partial charge in [-0.15, -0.1) is 0 Å². The fourth-order valence-corrected chi connectivity index (χ4v) is 1.27. The molecular weight excluding hydrogens is 244 g/mol. The second-order valence-corrected chi connectivity index (χ2v) is 4.34. The maximum absolute atomic E-state index is 3.98. The second-order valence-electron chi connectivity index (χ2n) is 4.34. The Morgan fingerprint density at radius 3 is 1.94 bits per heavy atom. The Kier molecular flexibility index (Phi) is 11.3. The zero-order valence-corrected chi connectivity index (χ0v) is 12.1. The van der Waals surface area contributed by atoms with Gasteiger partial charge in [-0.25, -0.2) is 0 Å². The highest BCUT2D eigenvalue weighted by atomic mass is 35.5. The molecule has 0 amide bonds. The van der Waals surface area contributed by atoms with Crippen molar-refractivity contribution in [2.45, 2.75) is 0 Å². The molecule has 0 bridgehead atoms. The Balaban J connectivity index is 0. The van der Waals surface area contributed by atoms with Crippen LogP contribution in [0.25, 0.3) is 6.08 Å². The van der Waals surface area contributed by atoms with Crippen LogP contribution in [0.5, 0.6) is 0 Å². The van der Waals surface area contributed by atoms with Crippen molar-refractivity contribution in [2.24, 2.45) is 0 Å². The molecule has 1 heterocycles. The van der Waals surface area contributed by atoms with E-state index < -0.39 is 0 Å². The summed E-state index contributed by atoms with van der Waals surface area (Å²) in [6.07, 6.45) is 7.34. The summed E-state index contributed by atoms with van der Waals surface area (Å²) >= 11 is 0. The number of aromatic nitrogens is 1. The molecule has 2 nitrogen and oxygen atoms in total. The van der Waals surface area contributed by atoms with Gasteiger partial charge in [-0.2, -0.15) is 0 Å². The first-order valence-corrected chi connectivity index (χ1v) is 5.63.